The molecular weight excluding hydrogens is 216 g/mol. The Hall–Kier alpha value is -1.29. The molecule has 0 atom stereocenters. The van der Waals surface area contributed by atoms with Gasteiger partial charge in [0, 0.05) is 25.5 Å². The maximum absolute atomic E-state index is 5.42. The summed E-state index contributed by atoms with van der Waals surface area (Å²) in [4.78, 5) is 4.19. The van der Waals surface area contributed by atoms with Crippen molar-refractivity contribution in [2.45, 2.75) is 26.7 Å². The molecule has 0 saturated heterocycles. The van der Waals surface area contributed by atoms with E-state index < -0.39 is 0 Å². The van der Waals surface area contributed by atoms with Crippen LogP contribution in [0.5, 0.6) is 5.75 Å². The van der Waals surface area contributed by atoms with E-state index in [9.17, 15) is 0 Å². The number of aryl methyl sites for hydroxylation is 1. The van der Waals surface area contributed by atoms with Crippen LogP contribution in [0.3, 0.4) is 0 Å². The standard InChI is InChI=1S/C13H22N2O2/c1-4-7-17-8-5-6-14-12-9-11(2)15-10-13(12)16-3/h9-10H,4-8H2,1-3H3,(H,14,15). The number of hydrogen-bond acceptors (Lipinski definition) is 4. The molecule has 4 heteroatoms. The second-order valence-electron chi connectivity index (χ2n) is 3.92. The zero-order valence-corrected chi connectivity index (χ0v) is 11.0. The molecule has 4 nitrogen and oxygen atoms in total. The first-order valence-electron chi connectivity index (χ1n) is 6.10. The monoisotopic (exact) mass is 238 g/mol. The van der Waals surface area contributed by atoms with E-state index in [1.807, 2.05) is 13.0 Å². The Morgan fingerprint density at radius 2 is 2.18 bits per heavy atom. The van der Waals surface area contributed by atoms with Gasteiger partial charge in [0.15, 0.2) is 5.75 Å². The van der Waals surface area contributed by atoms with Gasteiger partial charge in [0.05, 0.1) is 19.0 Å². The number of aromatic nitrogens is 1. The lowest BCUT2D eigenvalue weighted by atomic mass is 10.3. The van der Waals surface area contributed by atoms with Gasteiger partial charge in [-0.25, -0.2) is 0 Å². The third kappa shape index (κ3) is 5.04. The summed E-state index contributed by atoms with van der Waals surface area (Å²) < 4.78 is 10.7. The van der Waals surface area contributed by atoms with Crippen molar-refractivity contribution in [2.24, 2.45) is 0 Å². The maximum atomic E-state index is 5.42. The molecule has 0 spiro atoms. The fourth-order valence-electron chi connectivity index (χ4n) is 1.49. The Labute approximate surface area is 103 Å². The molecule has 0 bridgehead atoms. The molecule has 0 aliphatic heterocycles. The number of hydrogen-bond donors (Lipinski definition) is 1. The minimum atomic E-state index is 0.782. The summed E-state index contributed by atoms with van der Waals surface area (Å²) in [6, 6.07) is 1.99. The minimum absolute atomic E-state index is 0.782. The highest BCUT2D eigenvalue weighted by Gasteiger charge is 2.02. The zero-order chi connectivity index (χ0) is 12.5. The summed E-state index contributed by atoms with van der Waals surface area (Å²) in [6.45, 7) is 6.60. The van der Waals surface area contributed by atoms with E-state index in [2.05, 4.69) is 17.2 Å². The van der Waals surface area contributed by atoms with Gasteiger partial charge >= 0.3 is 0 Å². The van der Waals surface area contributed by atoms with Crippen LogP contribution in [0.1, 0.15) is 25.5 Å². The first-order chi connectivity index (χ1) is 8.27. The molecule has 0 aromatic carbocycles. The van der Waals surface area contributed by atoms with Crippen molar-refractivity contribution in [2.75, 3.05) is 32.2 Å². The van der Waals surface area contributed by atoms with Crippen LogP contribution in [0, 0.1) is 6.92 Å². The van der Waals surface area contributed by atoms with Crippen LogP contribution in [0.25, 0.3) is 0 Å². The van der Waals surface area contributed by atoms with Crippen LogP contribution in [-0.4, -0.2) is 31.9 Å². The number of anilines is 1. The quantitative estimate of drug-likeness (QED) is 0.707. The summed E-state index contributed by atoms with van der Waals surface area (Å²) in [7, 11) is 1.65. The summed E-state index contributed by atoms with van der Waals surface area (Å²) in [5.41, 5.74) is 1.98. The van der Waals surface area contributed by atoms with Crippen LogP contribution in [0.15, 0.2) is 12.3 Å². The van der Waals surface area contributed by atoms with Crippen molar-refractivity contribution in [1.82, 2.24) is 4.98 Å². The van der Waals surface area contributed by atoms with Gasteiger partial charge in [-0.1, -0.05) is 6.92 Å². The Bertz CT molecular complexity index is 329. The number of nitrogens with zero attached hydrogens (tertiary/aromatic N) is 1. The Morgan fingerprint density at radius 1 is 1.35 bits per heavy atom. The molecule has 0 unspecified atom stereocenters. The molecule has 17 heavy (non-hydrogen) atoms. The van der Waals surface area contributed by atoms with Crippen molar-refractivity contribution in [3.63, 3.8) is 0 Å². The number of methoxy groups -OCH3 is 1. The van der Waals surface area contributed by atoms with E-state index in [-0.39, 0.29) is 0 Å². The highest BCUT2D eigenvalue weighted by Crippen LogP contribution is 2.23. The van der Waals surface area contributed by atoms with Crippen LogP contribution < -0.4 is 10.1 Å². The van der Waals surface area contributed by atoms with Crippen molar-refractivity contribution in [3.05, 3.63) is 18.0 Å². The topological polar surface area (TPSA) is 43.4 Å². The molecule has 0 fully saturated rings. The summed E-state index contributed by atoms with van der Waals surface area (Å²) in [5, 5.41) is 3.34. The molecule has 1 aromatic heterocycles. The lowest BCUT2D eigenvalue weighted by Gasteiger charge is -2.11. The molecule has 1 rings (SSSR count). The van der Waals surface area contributed by atoms with Gasteiger partial charge in [0.1, 0.15) is 0 Å². The number of ether oxygens (including phenoxy) is 2. The van der Waals surface area contributed by atoms with Crippen LogP contribution >= 0.6 is 0 Å². The predicted molar refractivity (Wildman–Crippen MR) is 69.7 cm³/mol. The van der Waals surface area contributed by atoms with Crippen molar-refractivity contribution >= 4 is 5.69 Å². The van der Waals surface area contributed by atoms with Gasteiger partial charge in [0.25, 0.3) is 0 Å². The summed E-state index contributed by atoms with van der Waals surface area (Å²) in [5.74, 6) is 0.782. The van der Waals surface area contributed by atoms with E-state index in [1.54, 1.807) is 13.3 Å². The molecular formula is C13H22N2O2. The Kier molecular flexibility index (Phi) is 6.40. The highest BCUT2D eigenvalue weighted by atomic mass is 16.5. The molecule has 0 aliphatic rings. The van der Waals surface area contributed by atoms with Crippen LogP contribution in [0.4, 0.5) is 5.69 Å². The third-order valence-electron chi connectivity index (χ3n) is 2.35. The molecule has 1 N–H and O–H groups in total. The smallest absolute Gasteiger partial charge is 0.160 e. The van der Waals surface area contributed by atoms with Crippen molar-refractivity contribution in [3.8, 4) is 5.75 Å². The van der Waals surface area contributed by atoms with E-state index in [4.69, 9.17) is 9.47 Å². The maximum Gasteiger partial charge on any atom is 0.160 e. The lowest BCUT2D eigenvalue weighted by Crippen LogP contribution is -2.07. The number of rotatable bonds is 8. The number of pyridine rings is 1. The van der Waals surface area contributed by atoms with E-state index >= 15 is 0 Å². The van der Waals surface area contributed by atoms with E-state index in [0.717, 1.165) is 49.7 Å². The van der Waals surface area contributed by atoms with Crippen molar-refractivity contribution in [1.29, 1.82) is 0 Å². The van der Waals surface area contributed by atoms with Gasteiger partial charge in [-0.05, 0) is 25.8 Å². The summed E-state index contributed by atoms with van der Waals surface area (Å²) in [6.07, 6.45) is 3.81. The molecule has 0 amide bonds. The third-order valence-corrected chi connectivity index (χ3v) is 2.35. The fraction of sp³-hybridized carbons (Fsp3) is 0.615. The van der Waals surface area contributed by atoms with E-state index in [0.29, 0.717) is 0 Å². The Morgan fingerprint density at radius 3 is 2.88 bits per heavy atom. The first-order valence-corrected chi connectivity index (χ1v) is 6.10. The second kappa shape index (κ2) is 7.90. The lowest BCUT2D eigenvalue weighted by molar-refractivity contribution is 0.134. The highest BCUT2D eigenvalue weighted by molar-refractivity contribution is 5.55. The van der Waals surface area contributed by atoms with Crippen LogP contribution in [-0.2, 0) is 4.74 Å². The summed E-state index contributed by atoms with van der Waals surface area (Å²) >= 11 is 0. The van der Waals surface area contributed by atoms with Gasteiger partial charge in [-0.15, -0.1) is 0 Å². The molecule has 96 valence electrons. The minimum Gasteiger partial charge on any atom is -0.493 e. The van der Waals surface area contributed by atoms with Gasteiger partial charge in [0.2, 0.25) is 0 Å². The Balaban J connectivity index is 2.32. The largest absolute Gasteiger partial charge is 0.493 e. The van der Waals surface area contributed by atoms with Gasteiger partial charge in [-0.3, -0.25) is 4.98 Å². The van der Waals surface area contributed by atoms with Gasteiger partial charge in [-0.2, -0.15) is 0 Å². The van der Waals surface area contributed by atoms with Crippen molar-refractivity contribution < 1.29 is 9.47 Å². The van der Waals surface area contributed by atoms with Gasteiger partial charge < -0.3 is 14.8 Å². The molecule has 1 heterocycles. The predicted octanol–water partition coefficient (Wildman–Crippen LogP) is 2.63. The average molecular weight is 238 g/mol. The SMILES string of the molecule is CCCOCCCNc1cc(C)ncc1OC. The van der Waals surface area contributed by atoms with Crippen LogP contribution in [0.2, 0.25) is 0 Å². The fourth-order valence-corrected chi connectivity index (χ4v) is 1.49. The molecule has 1 aromatic rings. The number of nitrogens with one attached hydrogen (secondary N) is 1. The normalized spacial score (nSPS) is 10.3. The molecule has 0 saturated carbocycles. The first kappa shape index (κ1) is 13.8. The van der Waals surface area contributed by atoms with E-state index in [1.165, 1.54) is 0 Å². The zero-order valence-electron chi connectivity index (χ0n) is 11.0. The molecule has 0 radical (unpaired) electrons. The molecule has 0 aliphatic carbocycles. The average Bonchev–Trinajstić information content (AvgIpc) is 2.34. The second-order valence-corrected chi connectivity index (χ2v) is 3.92.